The van der Waals surface area contributed by atoms with Crippen molar-refractivity contribution in [3.8, 4) is 11.5 Å². The number of carbonyl (C=O) groups is 1. The first-order valence-corrected chi connectivity index (χ1v) is 8.96. The van der Waals surface area contributed by atoms with Crippen molar-refractivity contribution in [3.63, 3.8) is 0 Å². The molecule has 5 nitrogen and oxygen atoms in total. The number of methoxy groups -OCH3 is 1. The zero-order valence-electron chi connectivity index (χ0n) is 14.3. The minimum Gasteiger partial charge on any atom is -0.495 e. The van der Waals surface area contributed by atoms with Crippen LogP contribution in [-0.4, -0.2) is 24.2 Å². The van der Waals surface area contributed by atoms with E-state index in [1.807, 2.05) is 53.1 Å². The quantitative estimate of drug-likeness (QED) is 0.678. The molecule has 0 unspecified atom stereocenters. The summed E-state index contributed by atoms with van der Waals surface area (Å²) < 4.78 is 14.0. The van der Waals surface area contributed by atoms with E-state index in [1.54, 1.807) is 7.11 Å². The zero-order valence-corrected chi connectivity index (χ0v) is 15.1. The van der Waals surface area contributed by atoms with Crippen LogP contribution in [0.1, 0.15) is 13.3 Å². The summed E-state index contributed by atoms with van der Waals surface area (Å²) in [5.41, 5.74) is 0.979. The van der Waals surface area contributed by atoms with Gasteiger partial charge in [-0.1, -0.05) is 42.5 Å². The molecular weight excluding hydrogens is 336 g/mol. The number of nitrogens with zero attached hydrogens (tertiary/aromatic N) is 2. The van der Waals surface area contributed by atoms with Crippen LogP contribution in [0.5, 0.6) is 11.5 Å². The lowest BCUT2D eigenvalue weighted by atomic mass is 10.3. The standard InChI is InChI=1S/C19H20N2O3S/c1-3-12-21-18-15(23-2)10-7-11-16(18)25-19(21)20-17(22)13-24-14-8-5-4-6-9-14/h4-11H,3,12-13H2,1-2H3. The molecule has 0 bridgehead atoms. The average Bonchev–Trinajstić information content (AvgIpc) is 2.98. The van der Waals surface area contributed by atoms with Gasteiger partial charge in [-0.05, 0) is 30.7 Å². The summed E-state index contributed by atoms with van der Waals surface area (Å²) in [5, 5.41) is 0. The smallest absolute Gasteiger partial charge is 0.286 e. The Bertz CT molecular complexity index is 929. The normalized spacial score (nSPS) is 11.7. The van der Waals surface area contributed by atoms with Crippen molar-refractivity contribution >= 4 is 27.5 Å². The number of benzene rings is 2. The molecule has 0 saturated heterocycles. The summed E-state index contributed by atoms with van der Waals surface area (Å²) in [7, 11) is 1.65. The molecule has 0 aliphatic carbocycles. The zero-order chi connectivity index (χ0) is 17.6. The number of hydrogen-bond donors (Lipinski definition) is 0. The van der Waals surface area contributed by atoms with Crippen LogP contribution in [0.15, 0.2) is 53.5 Å². The van der Waals surface area contributed by atoms with Gasteiger partial charge in [-0.15, -0.1) is 0 Å². The van der Waals surface area contributed by atoms with Gasteiger partial charge in [0.1, 0.15) is 17.0 Å². The van der Waals surface area contributed by atoms with Gasteiger partial charge in [0.15, 0.2) is 11.4 Å². The second kappa shape index (κ2) is 7.98. The van der Waals surface area contributed by atoms with E-state index >= 15 is 0 Å². The summed E-state index contributed by atoms with van der Waals surface area (Å²) in [4.78, 5) is 17.2. The predicted octanol–water partition coefficient (Wildman–Crippen LogP) is 3.63. The fourth-order valence-electron chi connectivity index (χ4n) is 2.58. The van der Waals surface area contributed by atoms with Crippen molar-refractivity contribution in [1.29, 1.82) is 0 Å². The molecule has 0 aliphatic heterocycles. The van der Waals surface area contributed by atoms with Crippen LogP contribution in [0, 0.1) is 0 Å². The lowest BCUT2D eigenvalue weighted by molar-refractivity contribution is -0.120. The number of fused-ring (bicyclic) bond motifs is 1. The van der Waals surface area contributed by atoms with Gasteiger partial charge in [0, 0.05) is 6.54 Å². The maximum absolute atomic E-state index is 12.2. The highest BCUT2D eigenvalue weighted by Crippen LogP contribution is 2.27. The molecule has 3 aromatic rings. The second-order valence-corrected chi connectivity index (χ2v) is 6.46. The molecule has 3 rings (SSSR count). The second-order valence-electron chi connectivity index (χ2n) is 5.45. The van der Waals surface area contributed by atoms with Crippen LogP contribution in [0.3, 0.4) is 0 Å². The summed E-state index contributed by atoms with van der Waals surface area (Å²) in [6.07, 6.45) is 0.936. The number of aryl methyl sites for hydroxylation is 1. The van der Waals surface area contributed by atoms with Crippen LogP contribution >= 0.6 is 11.3 Å². The van der Waals surface area contributed by atoms with Gasteiger partial charge in [-0.3, -0.25) is 4.79 Å². The van der Waals surface area contributed by atoms with Crippen molar-refractivity contribution in [2.45, 2.75) is 19.9 Å². The first kappa shape index (κ1) is 17.2. The van der Waals surface area contributed by atoms with Gasteiger partial charge in [-0.25, -0.2) is 0 Å². The van der Waals surface area contributed by atoms with E-state index < -0.39 is 0 Å². The number of ether oxygens (including phenoxy) is 2. The lowest BCUT2D eigenvalue weighted by Crippen LogP contribution is -2.19. The Morgan fingerprint density at radius 2 is 1.96 bits per heavy atom. The van der Waals surface area contributed by atoms with Crippen molar-refractivity contribution in [1.82, 2.24) is 4.57 Å². The number of rotatable bonds is 6. The molecule has 0 spiro atoms. The molecule has 0 N–H and O–H groups in total. The maximum atomic E-state index is 12.2. The number of amides is 1. The van der Waals surface area contributed by atoms with Crippen molar-refractivity contribution in [2.24, 2.45) is 4.99 Å². The molecule has 1 aromatic heterocycles. The van der Waals surface area contributed by atoms with Gasteiger partial charge in [-0.2, -0.15) is 4.99 Å². The van der Waals surface area contributed by atoms with E-state index in [0.29, 0.717) is 10.6 Å². The molecule has 1 heterocycles. The Morgan fingerprint density at radius 3 is 2.68 bits per heavy atom. The third kappa shape index (κ3) is 3.91. The molecule has 25 heavy (non-hydrogen) atoms. The molecule has 0 fully saturated rings. The van der Waals surface area contributed by atoms with Gasteiger partial charge in [0.25, 0.3) is 5.91 Å². The molecule has 1 amide bonds. The van der Waals surface area contributed by atoms with E-state index in [9.17, 15) is 4.79 Å². The van der Waals surface area contributed by atoms with E-state index in [1.165, 1.54) is 11.3 Å². The number of para-hydroxylation sites is 2. The molecule has 2 aromatic carbocycles. The van der Waals surface area contributed by atoms with E-state index in [0.717, 1.165) is 28.9 Å². The molecule has 0 saturated carbocycles. The predicted molar refractivity (Wildman–Crippen MR) is 99.2 cm³/mol. The van der Waals surface area contributed by atoms with Crippen LogP contribution in [0.25, 0.3) is 10.2 Å². The fourth-order valence-corrected chi connectivity index (χ4v) is 3.67. The molecule has 130 valence electrons. The summed E-state index contributed by atoms with van der Waals surface area (Å²) in [5.74, 6) is 1.14. The van der Waals surface area contributed by atoms with Crippen LogP contribution in [0.4, 0.5) is 0 Å². The Labute approximate surface area is 150 Å². The highest BCUT2D eigenvalue weighted by atomic mass is 32.1. The minimum atomic E-state index is -0.306. The number of carbonyl (C=O) groups excluding carboxylic acids is 1. The summed E-state index contributed by atoms with van der Waals surface area (Å²) in [6, 6.07) is 15.1. The highest BCUT2D eigenvalue weighted by Gasteiger charge is 2.12. The van der Waals surface area contributed by atoms with Crippen LogP contribution in [0.2, 0.25) is 0 Å². The van der Waals surface area contributed by atoms with Crippen molar-refractivity contribution in [2.75, 3.05) is 13.7 Å². The Morgan fingerprint density at radius 1 is 1.16 bits per heavy atom. The fraction of sp³-hybridized carbons (Fsp3) is 0.263. The Kier molecular flexibility index (Phi) is 5.50. The highest BCUT2D eigenvalue weighted by molar-refractivity contribution is 7.16. The monoisotopic (exact) mass is 356 g/mol. The van der Waals surface area contributed by atoms with E-state index in [2.05, 4.69) is 11.9 Å². The molecule has 0 atom stereocenters. The maximum Gasteiger partial charge on any atom is 0.286 e. The van der Waals surface area contributed by atoms with Gasteiger partial charge in [0.2, 0.25) is 0 Å². The molecular formula is C19H20N2O3S. The molecule has 0 radical (unpaired) electrons. The molecule has 0 aliphatic rings. The summed E-state index contributed by atoms with van der Waals surface area (Å²) in [6.45, 7) is 2.78. The number of aromatic nitrogens is 1. The van der Waals surface area contributed by atoms with Crippen LogP contribution in [-0.2, 0) is 11.3 Å². The SMILES string of the molecule is CCCn1c(=NC(=O)COc2ccccc2)sc2cccc(OC)c21. The molecule has 6 heteroatoms. The van der Waals surface area contributed by atoms with Gasteiger partial charge in [0.05, 0.1) is 11.8 Å². The third-order valence-electron chi connectivity index (χ3n) is 3.66. The average molecular weight is 356 g/mol. The van der Waals surface area contributed by atoms with E-state index in [4.69, 9.17) is 9.47 Å². The van der Waals surface area contributed by atoms with Crippen molar-refractivity contribution < 1.29 is 14.3 Å². The third-order valence-corrected chi connectivity index (χ3v) is 4.70. The van der Waals surface area contributed by atoms with Crippen molar-refractivity contribution in [3.05, 3.63) is 53.3 Å². The first-order chi connectivity index (χ1) is 12.2. The topological polar surface area (TPSA) is 52.8 Å². The Balaban J connectivity index is 1.92. The lowest BCUT2D eigenvalue weighted by Gasteiger charge is -2.07. The number of hydrogen-bond acceptors (Lipinski definition) is 4. The first-order valence-electron chi connectivity index (χ1n) is 8.14. The largest absolute Gasteiger partial charge is 0.495 e. The van der Waals surface area contributed by atoms with E-state index in [-0.39, 0.29) is 12.5 Å². The van der Waals surface area contributed by atoms with Gasteiger partial charge < -0.3 is 14.0 Å². The Hall–Kier alpha value is -2.60. The summed E-state index contributed by atoms with van der Waals surface area (Å²) >= 11 is 1.48. The van der Waals surface area contributed by atoms with Gasteiger partial charge >= 0.3 is 0 Å². The minimum absolute atomic E-state index is 0.0818. The van der Waals surface area contributed by atoms with Crippen LogP contribution < -0.4 is 14.3 Å². The number of thiazole rings is 1.